The Balaban J connectivity index is 2.50. The first-order valence-corrected chi connectivity index (χ1v) is 6.86. The number of urea groups is 1. The molecular formula is C14H21ClN2O3. The number of benzene rings is 1. The average molecular weight is 301 g/mol. The molecule has 0 spiro atoms. The van der Waals surface area contributed by atoms with Crippen LogP contribution >= 0.6 is 11.6 Å². The maximum absolute atomic E-state index is 11.7. The summed E-state index contributed by atoms with van der Waals surface area (Å²) in [5.74, 6) is 0.979. The second kappa shape index (κ2) is 7.97. The van der Waals surface area contributed by atoms with Gasteiger partial charge in [-0.3, -0.25) is 0 Å². The van der Waals surface area contributed by atoms with Crippen molar-refractivity contribution in [1.82, 2.24) is 5.32 Å². The minimum absolute atomic E-state index is 0.200. The highest BCUT2D eigenvalue weighted by Crippen LogP contribution is 2.26. The summed E-state index contributed by atoms with van der Waals surface area (Å²) >= 11 is 5.98. The van der Waals surface area contributed by atoms with Crippen LogP contribution in [0.1, 0.15) is 20.3 Å². The molecule has 0 saturated carbocycles. The van der Waals surface area contributed by atoms with Crippen molar-refractivity contribution >= 4 is 23.3 Å². The van der Waals surface area contributed by atoms with E-state index < -0.39 is 12.1 Å². The fraction of sp³-hybridized carbons (Fsp3) is 0.500. The molecule has 1 rings (SSSR count). The zero-order valence-electron chi connectivity index (χ0n) is 11.9. The number of hydrogen-bond donors (Lipinski definition) is 3. The van der Waals surface area contributed by atoms with E-state index >= 15 is 0 Å². The topological polar surface area (TPSA) is 70.6 Å². The lowest BCUT2D eigenvalue weighted by Gasteiger charge is -2.15. The van der Waals surface area contributed by atoms with E-state index in [1.54, 1.807) is 18.2 Å². The molecule has 2 amide bonds. The molecule has 20 heavy (non-hydrogen) atoms. The van der Waals surface area contributed by atoms with Gasteiger partial charge >= 0.3 is 6.03 Å². The molecule has 0 fully saturated rings. The second-order valence-electron chi connectivity index (χ2n) is 4.96. The van der Waals surface area contributed by atoms with Crippen LogP contribution in [0.15, 0.2) is 18.2 Å². The number of nitrogens with one attached hydrogen (secondary N) is 2. The first-order valence-electron chi connectivity index (χ1n) is 6.48. The molecular weight excluding hydrogens is 280 g/mol. The van der Waals surface area contributed by atoms with Crippen LogP contribution in [0.5, 0.6) is 5.75 Å². The zero-order valence-corrected chi connectivity index (χ0v) is 12.7. The summed E-state index contributed by atoms with van der Waals surface area (Å²) in [7, 11) is 1.54. The number of anilines is 1. The Hall–Kier alpha value is -1.46. The number of carbonyl (C=O) groups excluding carboxylic acids is 1. The number of ether oxygens (including phenoxy) is 1. The molecule has 1 aromatic rings. The first-order chi connectivity index (χ1) is 9.42. The first kappa shape index (κ1) is 16.6. The van der Waals surface area contributed by atoms with Crippen molar-refractivity contribution < 1.29 is 14.6 Å². The van der Waals surface area contributed by atoms with Crippen LogP contribution in [-0.4, -0.2) is 30.9 Å². The molecule has 5 nitrogen and oxygen atoms in total. The van der Waals surface area contributed by atoms with Gasteiger partial charge in [0.1, 0.15) is 5.75 Å². The van der Waals surface area contributed by atoms with Crippen molar-refractivity contribution in [3.8, 4) is 5.75 Å². The number of amides is 2. The summed E-state index contributed by atoms with van der Waals surface area (Å²) in [5, 5.41) is 15.3. The summed E-state index contributed by atoms with van der Waals surface area (Å²) in [5.41, 5.74) is 0.460. The SMILES string of the molecule is COc1ccc(Cl)c(NC(=O)NCC(O)CC(C)C)c1. The zero-order chi connectivity index (χ0) is 15.1. The van der Waals surface area contributed by atoms with Gasteiger partial charge in [-0.05, 0) is 24.5 Å². The lowest BCUT2D eigenvalue weighted by molar-refractivity contribution is 0.148. The molecule has 3 N–H and O–H groups in total. The Morgan fingerprint density at radius 1 is 1.45 bits per heavy atom. The van der Waals surface area contributed by atoms with Gasteiger partial charge < -0.3 is 20.5 Å². The largest absolute Gasteiger partial charge is 0.497 e. The maximum atomic E-state index is 11.7. The highest BCUT2D eigenvalue weighted by atomic mass is 35.5. The Kier molecular flexibility index (Phi) is 6.61. The van der Waals surface area contributed by atoms with E-state index in [9.17, 15) is 9.90 Å². The van der Waals surface area contributed by atoms with Crippen molar-refractivity contribution in [2.45, 2.75) is 26.4 Å². The molecule has 1 aromatic carbocycles. The number of aliphatic hydroxyl groups is 1. The molecule has 0 aliphatic rings. The summed E-state index contributed by atoms with van der Waals surface area (Å²) in [6, 6.07) is 4.57. The van der Waals surface area contributed by atoms with Crippen LogP contribution in [0.3, 0.4) is 0 Å². The number of hydrogen-bond acceptors (Lipinski definition) is 3. The Morgan fingerprint density at radius 3 is 2.75 bits per heavy atom. The smallest absolute Gasteiger partial charge is 0.319 e. The molecule has 0 aromatic heterocycles. The molecule has 0 aliphatic carbocycles. The number of methoxy groups -OCH3 is 1. The predicted octanol–water partition coefficient (Wildman–Crippen LogP) is 2.88. The van der Waals surface area contributed by atoms with Crippen molar-refractivity contribution in [3.05, 3.63) is 23.2 Å². The van der Waals surface area contributed by atoms with E-state index in [1.807, 2.05) is 13.8 Å². The number of rotatable bonds is 6. The monoisotopic (exact) mass is 300 g/mol. The summed E-state index contributed by atoms with van der Waals surface area (Å²) in [6.45, 7) is 4.23. The van der Waals surface area contributed by atoms with E-state index in [4.69, 9.17) is 16.3 Å². The fourth-order valence-electron chi connectivity index (χ4n) is 1.73. The van der Waals surface area contributed by atoms with Crippen molar-refractivity contribution in [2.24, 2.45) is 5.92 Å². The van der Waals surface area contributed by atoms with Gasteiger partial charge in [0.2, 0.25) is 0 Å². The lowest BCUT2D eigenvalue weighted by atomic mass is 10.1. The minimum Gasteiger partial charge on any atom is -0.497 e. The highest BCUT2D eigenvalue weighted by molar-refractivity contribution is 6.33. The third-order valence-corrected chi connectivity index (χ3v) is 2.99. The quantitative estimate of drug-likeness (QED) is 0.756. The van der Waals surface area contributed by atoms with Crippen molar-refractivity contribution in [3.63, 3.8) is 0 Å². The molecule has 6 heteroatoms. The highest BCUT2D eigenvalue weighted by Gasteiger charge is 2.10. The minimum atomic E-state index is -0.554. The van der Waals surface area contributed by atoms with E-state index in [0.717, 1.165) is 0 Å². The van der Waals surface area contributed by atoms with Crippen LogP contribution < -0.4 is 15.4 Å². The van der Waals surface area contributed by atoms with Crippen molar-refractivity contribution in [2.75, 3.05) is 19.0 Å². The normalized spacial score (nSPS) is 12.1. The van der Waals surface area contributed by atoms with Crippen LogP contribution in [0, 0.1) is 5.92 Å². The maximum Gasteiger partial charge on any atom is 0.319 e. The van der Waals surface area contributed by atoms with Gasteiger partial charge in [-0.15, -0.1) is 0 Å². The Bertz CT molecular complexity index is 452. The number of halogens is 1. The summed E-state index contributed by atoms with van der Waals surface area (Å²) in [6.07, 6.45) is 0.0849. The Labute approximate surface area is 124 Å². The standard InChI is InChI=1S/C14H21ClN2O3/c1-9(2)6-10(18)8-16-14(19)17-13-7-11(20-3)4-5-12(13)15/h4-5,7,9-10,18H,6,8H2,1-3H3,(H2,16,17,19). The van der Waals surface area contributed by atoms with Crippen LogP contribution in [-0.2, 0) is 0 Å². The number of carbonyl (C=O) groups is 1. The fourth-order valence-corrected chi connectivity index (χ4v) is 1.90. The van der Waals surface area contributed by atoms with E-state index in [1.165, 1.54) is 7.11 Å². The molecule has 0 aliphatic heterocycles. The molecule has 0 radical (unpaired) electrons. The van der Waals surface area contributed by atoms with E-state index in [0.29, 0.717) is 28.8 Å². The molecule has 0 bridgehead atoms. The molecule has 112 valence electrons. The molecule has 0 heterocycles. The molecule has 0 saturated heterocycles. The summed E-state index contributed by atoms with van der Waals surface area (Å²) in [4.78, 5) is 11.7. The van der Waals surface area contributed by atoms with Gasteiger partial charge in [0.25, 0.3) is 0 Å². The third-order valence-electron chi connectivity index (χ3n) is 2.66. The van der Waals surface area contributed by atoms with Crippen LogP contribution in [0.4, 0.5) is 10.5 Å². The Morgan fingerprint density at radius 2 is 2.15 bits per heavy atom. The van der Waals surface area contributed by atoms with Gasteiger partial charge in [0.15, 0.2) is 0 Å². The molecule has 1 atom stereocenters. The van der Waals surface area contributed by atoms with E-state index in [2.05, 4.69) is 10.6 Å². The average Bonchev–Trinajstić information content (AvgIpc) is 2.38. The van der Waals surface area contributed by atoms with Gasteiger partial charge in [0, 0.05) is 12.6 Å². The predicted molar refractivity (Wildman–Crippen MR) is 80.5 cm³/mol. The lowest BCUT2D eigenvalue weighted by Crippen LogP contribution is -2.35. The number of aliphatic hydroxyl groups excluding tert-OH is 1. The van der Waals surface area contributed by atoms with Gasteiger partial charge in [0.05, 0.1) is 23.9 Å². The summed E-state index contributed by atoms with van der Waals surface area (Å²) < 4.78 is 5.06. The molecule has 1 unspecified atom stereocenters. The van der Waals surface area contributed by atoms with Crippen LogP contribution in [0.25, 0.3) is 0 Å². The second-order valence-corrected chi connectivity index (χ2v) is 5.37. The van der Waals surface area contributed by atoms with Gasteiger partial charge in [-0.25, -0.2) is 4.79 Å². The van der Waals surface area contributed by atoms with Crippen molar-refractivity contribution in [1.29, 1.82) is 0 Å². The van der Waals surface area contributed by atoms with Gasteiger partial charge in [-0.1, -0.05) is 25.4 Å². The van der Waals surface area contributed by atoms with Gasteiger partial charge in [-0.2, -0.15) is 0 Å². The van der Waals surface area contributed by atoms with E-state index in [-0.39, 0.29) is 6.54 Å². The third kappa shape index (κ3) is 5.67. The van der Waals surface area contributed by atoms with Crippen LogP contribution in [0.2, 0.25) is 5.02 Å².